The fourth-order valence-corrected chi connectivity index (χ4v) is 3.04. The third-order valence-electron chi connectivity index (χ3n) is 4.55. The van der Waals surface area contributed by atoms with Crippen molar-refractivity contribution in [2.75, 3.05) is 11.9 Å². The van der Waals surface area contributed by atoms with E-state index < -0.39 is 0 Å². The standard InChI is InChI=1S/C23H21N3O2/c1-16-7-9-18(10-8-16)19-11-12-20-21(13-19)25-26-23(20)24-22(27)15-28-14-17-5-3-2-4-6-17/h2-13H,14-15H2,1H3,(H2,24,25,26,27). The number of nitrogens with one attached hydrogen (secondary N) is 2. The second-order valence-electron chi connectivity index (χ2n) is 6.73. The van der Waals surface area contributed by atoms with E-state index in [2.05, 4.69) is 46.7 Å². The average molecular weight is 371 g/mol. The van der Waals surface area contributed by atoms with Crippen LogP contribution >= 0.6 is 0 Å². The van der Waals surface area contributed by atoms with Crippen LogP contribution in [0.15, 0.2) is 72.8 Å². The van der Waals surface area contributed by atoms with E-state index in [1.54, 1.807) is 0 Å². The molecule has 5 nitrogen and oxygen atoms in total. The van der Waals surface area contributed by atoms with E-state index >= 15 is 0 Å². The Bertz CT molecular complexity index is 1090. The Morgan fingerprint density at radius 1 is 1.00 bits per heavy atom. The van der Waals surface area contributed by atoms with Crippen molar-refractivity contribution in [3.63, 3.8) is 0 Å². The molecule has 0 fully saturated rings. The van der Waals surface area contributed by atoms with Gasteiger partial charge in [0.05, 0.1) is 12.1 Å². The maximum Gasteiger partial charge on any atom is 0.251 e. The van der Waals surface area contributed by atoms with E-state index in [-0.39, 0.29) is 12.5 Å². The first-order valence-corrected chi connectivity index (χ1v) is 9.16. The number of hydrogen-bond donors (Lipinski definition) is 2. The van der Waals surface area contributed by atoms with Gasteiger partial charge in [-0.15, -0.1) is 0 Å². The lowest BCUT2D eigenvalue weighted by Gasteiger charge is -2.05. The fourth-order valence-electron chi connectivity index (χ4n) is 3.04. The second kappa shape index (κ2) is 8.06. The lowest BCUT2D eigenvalue weighted by molar-refractivity contribution is -0.121. The molecule has 0 bridgehead atoms. The van der Waals surface area contributed by atoms with E-state index in [4.69, 9.17) is 4.74 Å². The minimum atomic E-state index is -0.230. The minimum absolute atomic E-state index is 0.0231. The van der Waals surface area contributed by atoms with E-state index in [1.165, 1.54) is 5.56 Å². The Kier molecular flexibility index (Phi) is 5.17. The smallest absolute Gasteiger partial charge is 0.251 e. The fraction of sp³-hybridized carbons (Fsp3) is 0.130. The number of amides is 1. The summed E-state index contributed by atoms with van der Waals surface area (Å²) in [5.41, 5.74) is 5.37. The molecule has 0 radical (unpaired) electrons. The van der Waals surface area contributed by atoms with Gasteiger partial charge in [0, 0.05) is 5.39 Å². The van der Waals surface area contributed by atoms with Crippen LogP contribution in [0.2, 0.25) is 0 Å². The second-order valence-corrected chi connectivity index (χ2v) is 6.73. The van der Waals surface area contributed by atoms with Crippen molar-refractivity contribution in [3.05, 3.63) is 83.9 Å². The van der Waals surface area contributed by atoms with Crippen LogP contribution in [0.3, 0.4) is 0 Å². The topological polar surface area (TPSA) is 67.0 Å². The Balaban J connectivity index is 1.41. The summed E-state index contributed by atoms with van der Waals surface area (Å²) in [5.74, 6) is 0.283. The summed E-state index contributed by atoms with van der Waals surface area (Å²) >= 11 is 0. The molecule has 0 unspecified atom stereocenters. The van der Waals surface area contributed by atoms with Crippen LogP contribution in [-0.4, -0.2) is 22.7 Å². The normalized spacial score (nSPS) is 10.9. The number of carbonyl (C=O) groups excluding carboxylic acids is 1. The largest absolute Gasteiger partial charge is 0.367 e. The van der Waals surface area contributed by atoms with E-state index in [9.17, 15) is 4.79 Å². The maximum absolute atomic E-state index is 12.2. The molecule has 0 saturated heterocycles. The summed E-state index contributed by atoms with van der Waals surface area (Å²) in [4.78, 5) is 12.2. The molecule has 4 rings (SSSR count). The number of aromatic amines is 1. The SMILES string of the molecule is Cc1ccc(-c2ccc3c(NC(=O)COCc4ccccc4)n[nH]c3c2)cc1. The summed E-state index contributed by atoms with van der Waals surface area (Å²) in [5, 5.41) is 10.9. The van der Waals surface area contributed by atoms with Gasteiger partial charge in [0.25, 0.3) is 5.91 Å². The summed E-state index contributed by atoms with van der Waals surface area (Å²) < 4.78 is 5.48. The van der Waals surface area contributed by atoms with Crippen molar-refractivity contribution in [2.45, 2.75) is 13.5 Å². The highest BCUT2D eigenvalue weighted by atomic mass is 16.5. The summed E-state index contributed by atoms with van der Waals surface area (Å²) in [7, 11) is 0. The number of aryl methyl sites for hydroxylation is 1. The Hall–Kier alpha value is -3.44. The van der Waals surface area contributed by atoms with Crippen LogP contribution < -0.4 is 5.32 Å². The van der Waals surface area contributed by atoms with Gasteiger partial charge in [-0.2, -0.15) is 5.10 Å². The molecule has 0 aliphatic heterocycles. The van der Waals surface area contributed by atoms with Crippen molar-refractivity contribution < 1.29 is 9.53 Å². The number of carbonyl (C=O) groups is 1. The first kappa shape index (κ1) is 17.9. The number of aromatic nitrogens is 2. The summed E-state index contributed by atoms with van der Waals surface area (Å²) in [6.07, 6.45) is 0. The first-order chi connectivity index (χ1) is 13.7. The van der Waals surface area contributed by atoms with E-state index in [1.807, 2.05) is 48.5 Å². The van der Waals surface area contributed by atoms with Gasteiger partial charge in [0.2, 0.25) is 0 Å². The number of H-pyrrole nitrogens is 1. The van der Waals surface area contributed by atoms with Crippen LogP contribution in [0.1, 0.15) is 11.1 Å². The third-order valence-corrected chi connectivity index (χ3v) is 4.55. The number of ether oxygens (including phenoxy) is 1. The van der Waals surface area contributed by atoms with Gasteiger partial charge in [-0.1, -0.05) is 66.2 Å². The number of rotatable bonds is 6. The molecule has 2 N–H and O–H groups in total. The molecular weight excluding hydrogens is 350 g/mol. The van der Waals surface area contributed by atoms with Crippen molar-refractivity contribution in [1.82, 2.24) is 10.2 Å². The molecule has 0 spiro atoms. The maximum atomic E-state index is 12.2. The molecule has 5 heteroatoms. The lowest BCUT2D eigenvalue weighted by atomic mass is 10.0. The predicted molar refractivity (Wildman–Crippen MR) is 111 cm³/mol. The Morgan fingerprint density at radius 2 is 1.75 bits per heavy atom. The molecule has 1 amide bonds. The van der Waals surface area contributed by atoms with Gasteiger partial charge in [-0.25, -0.2) is 0 Å². The quantitative estimate of drug-likeness (QED) is 0.516. The van der Waals surface area contributed by atoms with Gasteiger partial charge in [0.15, 0.2) is 5.82 Å². The molecule has 4 aromatic rings. The Morgan fingerprint density at radius 3 is 2.54 bits per heavy atom. The monoisotopic (exact) mass is 371 g/mol. The number of hydrogen-bond acceptors (Lipinski definition) is 3. The molecule has 0 atom stereocenters. The van der Waals surface area contributed by atoms with E-state index in [0.29, 0.717) is 12.4 Å². The van der Waals surface area contributed by atoms with Crippen LogP contribution in [0.25, 0.3) is 22.0 Å². The highest BCUT2D eigenvalue weighted by molar-refractivity contribution is 6.01. The van der Waals surface area contributed by atoms with Gasteiger partial charge < -0.3 is 10.1 Å². The van der Waals surface area contributed by atoms with Crippen LogP contribution in [0.4, 0.5) is 5.82 Å². The zero-order chi connectivity index (χ0) is 19.3. The van der Waals surface area contributed by atoms with Crippen molar-refractivity contribution >= 4 is 22.6 Å². The molecule has 1 aromatic heterocycles. The molecule has 0 aliphatic rings. The van der Waals surface area contributed by atoms with Crippen molar-refractivity contribution in [3.8, 4) is 11.1 Å². The van der Waals surface area contributed by atoms with Crippen LogP contribution in [0.5, 0.6) is 0 Å². The lowest BCUT2D eigenvalue weighted by Crippen LogP contribution is -2.18. The van der Waals surface area contributed by atoms with Gasteiger partial charge >= 0.3 is 0 Å². The van der Waals surface area contributed by atoms with Crippen molar-refractivity contribution in [2.24, 2.45) is 0 Å². The van der Waals surface area contributed by atoms with Crippen molar-refractivity contribution in [1.29, 1.82) is 0 Å². The first-order valence-electron chi connectivity index (χ1n) is 9.16. The predicted octanol–water partition coefficient (Wildman–Crippen LogP) is 4.69. The van der Waals surface area contributed by atoms with Crippen LogP contribution in [-0.2, 0) is 16.1 Å². The van der Waals surface area contributed by atoms with Gasteiger partial charge in [0.1, 0.15) is 6.61 Å². The molecule has 3 aromatic carbocycles. The molecule has 0 saturated carbocycles. The third kappa shape index (κ3) is 4.10. The van der Waals surface area contributed by atoms with Crippen LogP contribution in [0, 0.1) is 6.92 Å². The molecular formula is C23H21N3O2. The van der Waals surface area contributed by atoms with Gasteiger partial charge in [-0.05, 0) is 35.7 Å². The number of benzene rings is 3. The number of fused-ring (bicyclic) bond motifs is 1. The zero-order valence-corrected chi connectivity index (χ0v) is 15.6. The molecule has 28 heavy (non-hydrogen) atoms. The van der Waals surface area contributed by atoms with E-state index in [0.717, 1.165) is 27.6 Å². The molecule has 1 heterocycles. The van der Waals surface area contributed by atoms with Gasteiger partial charge in [-0.3, -0.25) is 9.89 Å². The Labute approximate surface area is 163 Å². The number of anilines is 1. The molecule has 140 valence electrons. The summed E-state index contributed by atoms with van der Waals surface area (Å²) in [6, 6.07) is 24.2. The highest BCUT2D eigenvalue weighted by Gasteiger charge is 2.11. The highest BCUT2D eigenvalue weighted by Crippen LogP contribution is 2.27. The average Bonchev–Trinajstić information content (AvgIpc) is 3.11. The number of nitrogens with zero attached hydrogens (tertiary/aromatic N) is 1. The molecule has 0 aliphatic carbocycles. The minimum Gasteiger partial charge on any atom is -0.367 e. The zero-order valence-electron chi connectivity index (χ0n) is 15.6. The summed E-state index contributed by atoms with van der Waals surface area (Å²) in [6.45, 7) is 2.45.